The van der Waals surface area contributed by atoms with Gasteiger partial charge in [-0.05, 0) is 24.3 Å². The number of hydrogen-bond donors (Lipinski definition) is 1. The number of carbonyl (C=O) groups excluding carboxylic acids is 2. The zero-order chi connectivity index (χ0) is 17.2. The van der Waals surface area contributed by atoms with E-state index in [-0.39, 0.29) is 18.9 Å². The minimum Gasteiger partial charge on any atom is -0.458 e. The van der Waals surface area contributed by atoms with Crippen LogP contribution in [0.25, 0.3) is 10.2 Å². The fourth-order valence-electron chi connectivity index (χ4n) is 2.56. The van der Waals surface area contributed by atoms with Gasteiger partial charge in [0.1, 0.15) is 11.6 Å². The minimum absolute atomic E-state index is 0.0374. The third-order valence-corrected chi connectivity index (χ3v) is 6.04. The number of anilines is 1. The van der Waals surface area contributed by atoms with Crippen molar-refractivity contribution < 1.29 is 14.3 Å². The van der Waals surface area contributed by atoms with Crippen LogP contribution in [0, 0.1) is 0 Å². The second-order valence-electron chi connectivity index (χ2n) is 5.53. The van der Waals surface area contributed by atoms with Gasteiger partial charge in [-0.2, -0.15) is 0 Å². The molecule has 1 amide bonds. The van der Waals surface area contributed by atoms with Gasteiger partial charge < -0.3 is 10.1 Å². The molecule has 3 aromatic rings. The number of benzene rings is 2. The van der Waals surface area contributed by atoms with E-state index in [1.54, 1.807) is 0 Å². The summed E-state index contributed by atoms with van der Waals surface area (Å²) in [6.45, 7) is 0.133. The van der Waals surface area contributed by atoms with Crippen molar-refractivity contribution in [1.29, 1.82) is 0 Å². The van der Waals surface area contributed by atoms with Gasteiger partial charge in [-0.15, -0.1) is 23.1 Å². The lowest BCUT2D eigenvalue weighted by Crippen LogP contribution is -2.31. The Morgan fingerprint density at radius 3 is 2.84 bits per heavy atom. The van der Waals surface area contributed by atoms with Gasteiger partial charge in [-0.3, -0.25) is 9.59 Å². The maximum absolute atomic E-state index is 12.1. The van der Waals surface area contributed by atoms with Crippen LogP contribution in [0.1, 0.15) is 11.4 Å². The zero-order valence-electron chi connectivity index (χ0n) is 13.1. The van der Waals surface area contributed by atoms with Crippen LogP contribution in [0.4, 0.5) is 5.69 Å². The molecule has 2 aromatic carbocycles. The Balaban J connectivity index is 1.36. The summed E-state index contributed by atoms with van der Waals surface area (Å²) in [5.41, 5.74) is 1.69. The highest BCUT2D eigenvalue weighted by atomic mass is 32.2. The first-order valence-corrected chi connectivity index (χ1v) is 9.45. The van der Waals surface area contributed by atoms with E-state index < -0.39 is 11.2 Å². The minimum atomic E-state index is -0.474. The van der Waals surface area contributed by atoms with Crippen LogP contribution in [0.3, 0.4) is 0 Å². The zero-order valence-corrected chi connectivity index (χ0v) is 14.7. The average Bonchev–Trinajstić information content (AvgIpc) is 3.03. The molecule has 1 aliphatic rings. The van der Waals surface area contributed by atoms with E-state index in [0.29, 0.717) is 0 Å². The summed E-state index contributed by atoms with van der Waals surface area (Å²) in [6, 6.07) is 15.3. The molecule has 1 unspecified atom stereocenters. The fraction of sp³-hybridized carbons (Fsp3) is 0.167. The van der Waals surface area contributed by atoms with Crippen LogP contribution in [-0.4, -0.2) is 22.1 Å². The number of aromatic nitrogens is 1. The molecule has 1 aliphatic heterocycles. The number of esters is 1. The molecule has 25 heavy (non-hydrogen) atoms. The number of amides is 1. The SMILES string of the molecule is O=C(CC1Sc2ccccc2NC1=O)OCc1nc2ccccc2s1. The number of rotatable bonds is 4. The van der Waals surface area contributed by atoms with Crippen molar-refractivity contribution in [2.45, 2.75) is 23.2 Å². The maximum Gasteiger partial charge on any atom is 0.307 e. The van der Waals surface area contributed by atoms with Crippen LogP contribution >= 0.6 is 23.1 Å². The van der Waals surface area contributed by atoms with E-state index in [2.05, 4.69) is 10.3 Å². The molecule has 2 heterocycles. The third-order valence-electron chi connectivity index (χ3n) is 3.75. The van der Waals surface area contributed by atoms with Crippen molar-refractivity contribution in [1.82, 2.24) is 4.98 Å². The largest absolute Gasteiger partial charge is 0.458 e. The second-order valence-corrected chi connectivity index (χ2v) is 7.89. The molecule has 4 rings (SSSR count). The lowest BCUT2D eigenvalue weighted by atomic mass is 10.2. The highest BCUT2D eigenvalue weighted by Gasteiger charge is 2.29. The van der Waals surface area contributed by atoms with Crippen LogP contribution in [0.5, 0.6) is 0 Å². The Labute approximate surface area is 152 Å². The summed E-state index contributed by atoms with van der Waals surface area (Å²) in [6.07, 6.45) is 0.0374. The number of carbonyl (C=O) groups is 2. The van der Waals surface area contributed by atoms with Crippen molar-refractivity contribution in [3.8, 4) is 0 Å². The Morgan fingerprint density at radius 1 is 1.16 bits per heavy atom. The van der Waals surface area contributed by atoms with Crippen LogP contribution in [-0.2, 0) is 20.9 Å². The van der Waals surface area contributed by atoms with E-state index in [4.69, 9.17) is 4.74 Å². The number of nitrogens with one attached hydrogen (secondary N) is 1. The predicted molar refractivity (Wildman–Crippen MR) is 98.7 cm³/mol. The highest BCUT2D eigenvalue weighted by molar-refractivity contribution is 8.01. The summed E-state index contributed by atoms with van der Waals surface area (Å²) >= 11 is 2.90. The molecule has 1 N–H and O–H groups in total. The molecule has 1 aromatic heterocycles. The van der Waals surface area contributed by atoms with Gasteiger partial charge in [-0.25, -0.2) is 4.98 Å². The smallest absolute Gasteiger partial charge is 0.307 e. The normalized spacial score (nSPS) is 16.3. The summed E-state index contributed by atoms with van der Waals surface area (Å²) in [5, 5.41) is 3.11. The third kappa shape index (κ3) is 3.52. The average molecular weight is 370 g/mol. The van der Waals surface area contributed by atoms with E-state index >= 15 is 0 Å². The van der Waals surface area contributed by atoms with E-state index in [9.17, 15) is 9.59 Å². The van der Waals surface area contributed by atoms with E-state index in [0.717, 1.165) is 25.8 Å². The number of para-hydroxylation sites is 2. The van der Waals surface area contributed by atoms with Gasteiger partial charge in [0.05, 0.1) is 27.6 Å². The predicted octanol–water partition coefficient (Wildman–Crippen LogP) is 3.84. The quantitative estimate of drug-likeness (QED) is 0.707. The lowest BCUT2D eigenvalue weighted by molar-refractivity contribution is -0.145. The van der Waals surface area contributed by atoms with Gasteiger partial charge in [0.25, 0.3) is 0 Å². The summed E-state index contributed by atoms with van der Waals surface area (Å²) in [7, 11) is 0. The van der Waals surface area contributed by atoms with Gasteiger partial charge in [0.2, 0.25) is 5.91 Å². The van der Waals surface area contributed by atoms with Crippen molar-refractivity contribution in [2.24, 2.45) is 0 Å². The molecule has 0 bridgehead atoms. The van der Waals surface area contributed by atoms with Crippen molar-refractivity contribution in [3.63, 3.8) is 0 Å². The first-order chi connectivity index (χ1) is 12.2. The molecule has 1 atom stereocenters. The number of nitrogens with zero attached hydrogens (tertiary/aromatic N) is 1. The molecule has 7 heteroatoms. The van der Waals surface area contributed by atoms with Crippen molar-refractivity contribution in [2.75, 3.05) is 5.32 Å². The van der Waals surface area contributed by atoms with Gasteiger partial charge in [0.15, 0.2) is 0 Å². The monoisotopic (exact) mass is 370 g/mol. The molecule has 5 nitrogen and oxygen atoms in total. The first kappa shape index (κ1) is 16.1. The summed E-state index contributed by atoms with van der Waals surface area (Å²) in [4.78, 5) is 29.6. The fourth-order valence-corrected chi connectivity index (χ4v) is 4.54. The molecular formula is C18H14N2O3S2. The molecule has 0 saturated carbocycles. The second kappa shape index (κ2) is 6.85. The van der Waals surface area contributed by atoms with Gasteiger partial charge in [0, 0.05) is 4.90 Å². The summed E-state index contributed by atoms with van der Waals surface area (Å²) < 4.78 is 6.37. The Kier molecular flexibility index (Phi) is 4.42. The molecule has 126 valence electrons. The number of fused-ring (bicyclic) bond motifs is 2. The molecular weight excluding hydrogens is 356 g/mol. The van der Waals surface area contributed by atoms with E-state index in [1.165, 1.54) is 23.1 Å². The maximum atomic E-state index is 12.1. The molecule has 0 fully saturated rings. The molecule has 0 radical (unpaired) electrons. The topological polar surface area (TPSA) is 68.3 Å². The van der Waals surface area contributed by atoms with Crippen molar-refractivity contribution >= 4 is 50.9 Å². The first-order valence-electron chi connectivity index (χ1n) is 7.76. The molecule has 0 saturated heterocycles. The number of thiazole rings is 1. The van der Waals surface area contributed by atoms with Crippen LogP contribution in [0.2, 0.25) is 0 Å². The Morgan fingerprint density at radius 2 is 1.96 bits per heavy atom. The number of ether oxygens (including phenoxy) is 1. The molecule has 0 spiro atoms. The molecule has 0 aliphatic carbocycles. The highest BCUT2D eigenvalue weighted by Crippen LogP contribution is 2.36. The Hall–Kier alpha value is -2.38. The van der Waals surface area contributed by atoms with Crippen LogP contribution in [0.15, 0.2) is 53.4 Å². The van der Waals surface area contributed by atoms with Gasteiger partial charge in [-0.1, -0.05) is 24.3 Å². The van der Waals surface area contributed by atoms with Gasteiger partial charge >= 0.3 is 5.97 Å². The lowest BCUT2D eigenvalue weighted by Gasteiger charge is -2.23. The number of hydrogen-bond acceptors (Lipinski definition) is 6. The van der Waals surface area contributed by atoms with Crippen LogP contribution < -0.4 is 5.32 Å². The van der Waals surface area contributed by atoms with Crippen molar-refractivity contribution in [3.05, 3.63) is 53.5 Å². The summed E-state index contributed by atoms with van der Waals surface area (Å²) in [5.74, 6) is -0.563. The standard InChI is InChI=1S/C18H14N2O3S2/c21-17(23-10-16-19-11-5-1-4-8-14(11)25-16)9-15-18(22)20-12-6-2-3-7-13(12)24-15/h1-8,15H,9-10H2,(H,20,22). The van der Waals surface area contributed by atoms with E-state index in [1.807, 2.05) is 48.5 Å². The Bertz CT molecular complexity index is 921. The number of thioether (sulfide) groups is 1.